The fraction of sp³-hybridized carbons (Fsp3) is 0.462. The van der Waals surface area contributed by atoms with Crippen molar-refractivity contribution in [2.24, 2.45) is 0 Å². The Morgan fingerprint density at radius 2 is 2.35 bits per heavy atom. The van der Waals surface area contributed by atoms with Crippen molar-refractivity contribution in [2.45, 2.75) is 19.4 Å². The number of nitro benzene ring substituents is 1. The first-order valence-corrected chi connectivity index (χ1v) is 6.88. The summed E-state index contributed by atoms with van der Waals surface area (Å²) in [6.45, 7) is 3.95. The van der Waals surface area contributed by atoms with Gasteiger partial charge in [0.15, 0.2) is 0 Å². The van der Waals surface area contributed by atoms with Gasteiger partial charge in [-0.15, -0.1) is 0 Å². The summed E-state index contributed by atoms with van der Waals surface area (Å²) in [5, 5.41) is 14.6. The summed E-state index contributed by atoms with van der Waals surface area (Å²) in [6.07, 6.45) is 0.855. The normalized spacial score (nSPS) is 18.0. The Morgan fingerprint density at radius 3 is 2.90 bits per heavy atom. The van der Waals surface area contributed by atoms with Gasteiger partial charge < -0.3 is 10.2 Å². The molecule has 1 atom stereocenters. The van der Waals surface area contributed by atoms with Crippen LogP contribution in [0.1, 0.15) is 23.7 Å². The van der Waals surface area contributed by atoms with Crippen LogP contribution in [0.15, 0.2) is 18.2 Å². The van der Waals surface area contributed by atoms with Crippen LogP contribution in [0.4, 0.5) is 5.69 Å². The Balaban J connectivity index is 2.35. The number of hydrogen-bond acceptors (Lipinski definition) is 4. The molecule has 2 rings (SSSR count). The molecule has 1 aromatic carbocycles. The summed E-state index contributed by atoms with van der Waals surface area (Å²) >= 11 is 5.87. The minimum absolute atomic E-state index is 0.0521. The highest BCUT2D eigenvalue weighted by molar-refractivity contribution is 6.31. The quantitative estimate of drug-likeness (QED) is 0.682. The highest BCUT2D eigenvalue weighted by Crippen LogP contribution is 2.25. The van der Waals surface area contributed by atoms with E-state index < -0.39 is 4.92 Å². The third-order valence-corrected chi connectivity index (χ3v) is 3.70. The minimum atomic E-state index is -0.551. The number of nitrogens with zero attached hydrogens (tertiary/aromatic N) is 2. The van der Waals surface area contributed by atoms with Crippen LogP contribution in [0.5, 0.6) is 0 Å². The van der Waals surface area contributed by atoms with E-state index in [-0.39, 0.29) is 23.2 Å². The minimum Gasteiger partial charge on any atom is -0.334 e. The molecule has 7 heteroatoms. The fourth-order valence-corrected chi connectivity index (χ4v) is 2.64. The lowest BCUT2D eigenvalue weighted by Crippen LogP contribution is -2.41. The van der Waals surface area contributed by atoms with Crippen molar-refractivity contribution in [1.29, 1.82) is 0 Å². The van der Waals surface area contributed by atoms with Gasteiger partial charge in [0, 0.05) is 30.2 Å². The number of nitrogens with one attached hydrogen (secondary N) is 1. The van der Waals surface area contributed by atoms with Crippen molar-refractivity contribution in [1.82, 2.24) is 10.2 Å². The molecule has 6 nitrogen and oxygen atoms in total. The molecule has 0 aromatic heterocycles. The molecule has 1 N–H and O–H groups in total. The average molecular weight is 298 g/mol. The van der Waals surface area contributed by atoms with E-state index in [1.165, 1.54) is 18.2 Å². The maximum Gasteiger partial charge on any atom is 0.282 e. The van der Waals surface area contributed by atoms with Gasteiger partial charge in [0.1, 0.15) is 5.56 Å². The number of carbonyl (C=O) groups excluding carboxylic acids is 1. The van der Waals surface area contributed by atoms with E-state index in [9.17, 15) is 14.9 Å². The molecule has 0 aliphatic carbocycles. The van der Waals surface area contributed by atoms with Gasteiger partial charge in [0.05, 0.1) is 4.92 Å². The Labute approximate surface area is 121 Å². The molecule has 1 heterocycles. The summed E-state index contributed by atoms with van der Waals surface area (Å²) in [4.78, 5) is 24.7. The van der Waals surface area contributed by atoms with Crippen LogP contribution in [0.3, 0.4) is 0 Å². The van der Waals surface area contributed by atoms with Gasteiger partial charge in [-0.3, -0.25) is 14.9 Å². The first-order valence-electron chi connectivity index (χ1n) is 6.50. The molecule has 0 bridgehead atoms. The van der Waals surface area contributed by atoms with Gasteiger partial charge in [-0.1, -0.05) is 11.6 Å². The van der Waals surface area contributed by atoms with Crippen molar-refractivity contribution in [3.8, 4) is 0 Å². The van der Waals surface area contributed by atoms with Crippen LogP contribution >= 0.6 is 11.6 Å². The van der Waals surface area contributed by atoms with E-state index in [2.05, 4.69) is 5.32 Å². The SMILES string of the molecule is CCN(C(=O)c1cc(Cl)ccc1[N+](=O)[O-])C1CCNC1. The first kappa shape index (κ1) is 14.7. The zero-order valence-corrected chi connectivity index (χ0v) is 11.9. The zero-order chi connectivity index (χ0) is 14.7. The van der Waals surface area contributed by atoms with Crippen LogP contribution in [-0.2, 0) is 0 Å². The third-order valence-electron chi connectivity index (χ3n) is 3.46. The van der Waals surface area contributed by atoms with Crippen molar-refractivity contribution in [3.05, 3.63) is 38.9 Å². The summed E-state index contributed by atoms with van der Waals surface area (Å²) in [7, 11) is 0. The number of halogens is 1. The lowest BCUT2D eigenvalue weighted by molar-refractivity contribution is -0.385. The molecule has 1 unspecified atom stereocenters. The van der Waals surface area contributed by atoms with Crippen LogP contribution < -0.4 is 5.32 Å². The Bertz CT molecular complexity index is 530. The van der Waals surface area contributed by atoms with E-state index in [1.807, 2.05) is 6.92 Å². The van der Waals surface area contributed by atoms with Crippen LogP contribution in [0.25, 0.3) is 0 Å². The van der Waals surface area contributed by atoms with Crippen LogP contribution in [0.2, 0.25) is 5.02 Å². The number of likely N-dealkylation sites (N-methyl/N-ethyl adjacent to an activating group) is 1. The summed E-state index contributed by atoms with van der Waals surface area (Å²) < 4.78 is 0. The maximum absolute atomic E-state index is 12.6. The molecular weight excluding hydrogens is 282 g/mol. The van der Waals surface area contributed by atoms with Crippen molar-refractivity contribution in [3.63, 3.8) is 0 Å². The number of hydrogen-bond donors (Lipinski definition) is 1. The molecule has 1 fully saturated rings. The number of rotatable bonds is 4. The summed E-state index contributed by atoms with van der Waals surface area (Å²) in [6, 6.07) is 4.14. The Hall–Kier alpha value is -1.66. The summed E-state index contributed by atoms with van der Waals surface area (Å²) in [5.74, 6) is -0.338. The summed E-state index contributed by atoms with van der Waals surface area (Å²) in [5.41, 5.74) is -0.153. The first-order chi connectivity index (χ1) is 9.54. The van der Waals surface area contributed by atoms with Crippen LogP contribution in [-0.4, -0.2) is 41.4 Å². The van der Waals surface area contributed by atoms with Gasteiger partial charge in [0.25, 0.3) is 11.6 Å². The highest BCUT2D eigenvalue weighted by atomic mass is 35.5. The number of carbonyl (C=O) groups is 1. The topological polar surface area (TPSA) is 75.5 Å². The smallest absolute Gasteiger partial charge is 0.282 e. The van der Waals surface area contributed by atoms with Gasteiger partial charge in [0.2, 0.25) is 0 Å². The van der Waals surface area contributed by atoms with Crippen molar-refractivity contribution < 1.29 is 9.72 Å². The lowest BCUT2D eigenvalue weighted by atomic mass is 10.1. The molecule has 1 aromatic rings. The van der Waals surface area contributed by atoms with E-state index in [0.717, 1.165) is 13.0 Å². The van der Waals surface area contributed by atoms with Crippen molar-refractivity contribution in [2.75, 3.05) is 19.6 Å². The molecule has 0 radical (unpaired) electrons. The fourth-order valence-electron chi connectivity index (χ4n) is 2.47. The van der Waals surface area contributed by atoms with Crippen molar-refractivity contribution >= 4 is 23.2 Å². The average Bonchev–Trinajstić information content (AvgIpc) is 2.93. The lowest BCUT2D eigenvalue weighted by Gasteiger charge is -2.27. The van der Waals surface area contributed by atoms with Crippen LogP contribution in [0, 0.1) is 10.1 Å². The molecule has 1 saturated heterocycles. The molecule has 1 aliphatic rings. The zero-order valence-electron chi connectivity index (χ0n) is 11.1. The van der Waals surface area contributed by atoms with Gasteiger partial charge in [-0.2, -0.15) is 0 Å². The largest absolute Gasteiger partial charge is 0.334 e. The van der Waals surface area contributed by atoms with E-state index in [0.29, 0.717) is 18.1 Å². The predicted molar refractivity (Wildman–Crippen MR) is 76.1 cm³/mol. The second kappa shape index (κ2) is 6.19. The van der Waals surface area contributed by atoms with Gasteiger partial charge >= 0.3 is 0 Å². The standard InChI is InChI=1S/C13H16ClN3O3/c1-2-16(10-5-6-15-8-10)13(18)11-7-9(14)3-4-12(11)17(19)20/h3-4,7,10,15H,2,5-6,8H2,1H3. The van der Waals surface area contributed by atoms with E-state index >= 15 is 0 Å². The second-order valence-corrected chi connectivity index (χ2v) is 5.09. The molecule has 1 amide bonds. The molecule has 108 valence electrons. The predicted octanol–water partition coefficient (Wildman–Crippen LogP) is 2.07. The maximum atomic E-state index is 12.6. The number of nitro groups is 1. The number of amides is 1. The van der Waals surface area contributed by atoms with Gasteiger partial charge in [-0.05, 0) is 32.0 Å². The second-order valence-electron chi connectivity index (χ2n) is 4.66. The van der Waals surface area contributed by atoms with Gasteiger partial charge in [-0.25, -0.2) is 0 Å². The molecule has 0 saturated carbocycles. The molecule has 1 aliphatic heterocycles. The third kappa shape index (κ3) is 2.91. The Kier molecular flexibility index (Phi) is 4.57. The number of benzene rings is 1. The molecule has 0 spiro atoms. The Morgan fingerprint density at radius 1 is 1.60 bits per heavy atom. The van der Waals surface area contributed by atoms with E-state index in [1.54, 1.807) is 4.90 Å². The molecule has 20 heavy (non-hydrogen) atoms. The monoisotopic (exact) mass is 297 g/mol. The highest BCUT2D eigenvalue weighted by Gasteiger charge is 2.30. The molecular formula is C13H16ClN3O3. The van der Waals surface area contributed by atoms with E-state index in [4.69, 9.17) is 11.6 Å².